The predicted molar refractivity (Wildman–Crippen MR) is 81.6 cm³/mol. The maximum atomic E-state index is 13.8. The van der Waals surface area contributed by atoms with Crippen molar-refractivity contribution in [3.63, 3.8) is 0 Å². The Hall–Kier alpha value is -1.69. The van der Waals surface area contributed by atoms with E-state index >= 15 is 0 Å². The fourth-order valence-corrected chi connectivity index (χ4v) is 4.22. The van der Waals surface area contributed by atoms with E-state index in [4.69, 9.17) is 0 Å². The molecule has 1 aromatic rings. The first-order valence-corrected chi connectivity index (χ1v) is 8.13. The van der Waals surface area contributed by atoms with E-state index in [9.17, 15) is 18.7 Å². The number of hydrogen-bond acceptors (Lipinski definition) is 2. The van der Waals surface area contributed by atoms with Gasteiger partial charge in [0, 0.05) is 24.1 Å². The van der Waals surface area contributed by atoms with Gasteiger partial charge in [-0.1, -0.05) is 12.1 Å². The molecular formula is C17H22F2N2O2. The summed E-state index contributed by atoms with van der Waals surface area (Å²) in [6.45, 7) is 1.68. The summed E-state index contributed by atoms with van der Waals surface area (Å²) in [5, 5.41) is 15.1. The summed E-state index contributed by atoms with van der Waals surface area (Å²) in [5.74, 6) is -0.878. The van der Waals surface area contributed by atoms with Crippen molar-refractivity contribution in [1.29, 1.82) is 0 Å². The lowest BCUT2D eigenvalue weighted by Crippen LogP contribution is -2.49. The van der Waals surface area contributed by atoms with Crippen molar-refractivity contribution >= 4 is 6.03 Å². The SMILES string of the molecule is CC(NC(=O)NC1C2CCC(C2)C1CO)c1cccc(F)c1F. The quantitative estimate of drug-likeness (QED) is 0.797. The third-order valence-corrected chi connectivity index (χ3v) is 5.39. The largest absolute Gasteiger partial charge is 0.396 e. The van der Waals surface area contributed by atoms with Crippen LogP contribution in [-0.2, 0) is 0 Å². The summed E-state index contributed by atoms with van der Waals surface area (Å²) >= 11 is 0. The van der Waals surface area contributed by atoms with Crippen LogP contribution >= 0.6 is 0 Å². The Balaban J connectivity index is 1.62. The van der Waals surface area contributed by atoms with E-state index in [0.29, 0.717) is 11.8 Å². The van der Waals surface area contributed by atoms with Crippen molar-refractivity contribution in [2.24, 2.45) is 17.8 Å². The molecule has 3 N–H and O–H groups in total. The fraction of sp³-hybridized carbons (Fsp3) is 0.588. The Morgan fingerprint density at radius 2 is 2.09 bits per heavy atom. The van der Waals surface area contributed by atoms with Gasteiger partial charge in [0.2, 0.25) is 0 Å². The van der Waals surface area contributed by atoms with E-state index in [1.54, 1.807) is 6.92 Å². The average molecular weight is 324 g/mol. The van der Waals surface area contributed by atoms with Crippen molar-refractivity contribution in [2.45, 2.75) is 38.3 Å². The number of halogens is 2. The Labute approximate surface area is 134 Å². The smallest absolute Gasteiger partial charge is 0.315 e. The molecule has 126 valence electrons. The number of aliphatic hydroxyl groups is 1. The van der Waals surface area contributed by atoms with Crippen LogP contribution in [0.4, 0.5) is 13.6 Å². The molecule has 6 heteroatoms. The number of benzene rings is 1. The Morgan fingerprint density at radius 1 is 1.35 bits per heavy atom. The second kappa shape index (κ2) is 6.43. The van der Waals surface area contributed by atoms with Gasteiger partial charge in [-0.05, 0) is 44.1 Å². The predicted octanol–water partition coefficient (Wildman–Crippen LogP) is 2.73. The Bertz CT molecular complexity index is 596. The lowest BCUT2D eigenvalue weighted by molar-refractivity contribution is 0.144. The van der Waals surface area contributed by atoms with Crippen molar-refractivity contribution in [1.82, 2.24) is 10.6 Å². The zero-order valence-corrected chi connectivity index (χ0v) is 13.1. The minimum atomic E-state index is -0.937. The first-order valence-electron chi connectivity index (χ1n) is 8.13. The van der Waals surface area contributed by atoms with Crippen LogP contribution in [-0.4, -0.2) is 23.8 Å². The number of rotatable bonds is 4. The normalized spacial score (nSPS) is 30.3. The van der Waals surface area contributed by atoms with Crippen LogP contribution < -0.4 is 10.6 Å². The molecule has 0 spiro atoms. The molecule has 1 aromatic carbocycles. The summed E-state index contributed by atoms with van der Waals surface area (Å²) in [4.78, 5) is 12.2. The molecule has 2 aliphatic carbocycles. The molecule has 0 heterocycles. The molecule has 0 saturated heterocycles. The number of carbonyl (C=O) groups excluding carboxylic acids is 1. The molecule has 2 fully saturated rings. The molecule has 2 aliphatic rings. The molecule has 2 saturated carbocycles. The van der Waals surface area contributed by atoms with Gasteiger partial charge >= 0.3 is 6.03 Å². The molecule has 23 heavy (non-hydrogen) atoms. The molecule has 2 amide bonds. The standard InChI is InChI=1S/C17H22F2N2O2/c1-9(12-3-2-4-14(18)15(12)19)20-17(23)21-16-11-6-5-10(7-11)13(16)8-22/h2-4,9-11,13,16,22H,5-8H2,1H3,(H2,20,21,23). The summed E-state index contributed by atoms with van der Waals surface area (Å²) in [7, 11) is 0. The topological polar surface area (TPSA) is 61.4 Å². The van der Waals surface area contributed by atoms with Crippen LogP contribution in [0.2, 0.25) is 0 Å². The van der Waals surface area contributed by atoms with Crippen LogP contribution in [0.5, 0.6) is 0 Å². The minimum absolute atomic E-state index is 0.0386. The Morgan fingerprint density at radius 3 is 2.83 bits per heavy atom. The Kier molecular flexibility index (Phi) is 4.53. The van der Waals surface area contributed by atoms with E-state index in [2.05, 4.69) is 10.6 Å². The number of carbonyl (C=O) groups is 1. The third kappa shape index (κ3) is 3.04. The molecule has 0 aromatic heterocycles. The molecule has 5 unspecified atom stereocenters. The van der Waals surface area contributed by atoms with Gasteiger partial charge in [0.1, 0.15) is 0 Å². The molecule has 0 aliphatic heterocycles. The zero-order chi connectivity index (χ0) is 16.6. The van der Waals surface area contributed by atoms with E-state index in [-0.39, 0.29) is 24.1 Å². The number of hydrogen-bond donors (Lipinski definition) is 3. The van der Waals surface area contributed by atoms with Gasteiger partial charge in [-0.3, -0.25) is 0 Å². The van der Waals surface area contributed by atoms with Crippen LogP contribution in [0.3, 0.4) is 0 Å². The summed E-state index contributed by atoms with van der Waals surface area (Å²) < 4.78 is 27.0. The number of aliphatic hydroxyl groups excluding tert-OH is 1. The van der Waals surface area contributed by atoms with E-state index in [0.717, 1.165) is 25.3 Å². The summed E-state index contributed by atoms with van der Waals surface area (Å²) in [6.07, 6.45) is 3.23. The lowest BCUT2D eigenvalue weighted by Gasteiger charge is -2.31. The monoisotopic (exact) mass is 324 g/mol. The van der Waals surface area contributed by atoms with Crippen molar-refractivity contribution in [3.8, 4) is 0 Å². The van der Waals surface area contributed by atoms with Crippen LogP contribution in [0.15, 0.2) is 18.2 Å². The highest BCUT2D eigenvalue weighted by Crippen LogP contribution is 2.48. The highest BCUT2D eigenvalue weighted by Gasteiger charge is 2.47. The van der Waals surface area contributed by atoms with E-state index < -0.39 is 23.7 Å². The van der Waals surface area contributed by atoms with Gasteiger partial charge in [0.15, 0.2) is 11.6 Å². The van der Waals surface area contributed by atoms with Crippen LogP contribution in [0.25, 0.3) is 0 Å². The number of fused-ring (bicyclic) bond motifs is 2. The summed E-state index contributed by atoms with van der Waals surface area (Å²) in [5.41, 5.74) is 0.117. The molecule has 4 nitrogen and oxygen atoms in total. The van der Waals surface area contributed by atoms with E-state index in [1.165, 1.54) is 12.1 Å². The maximum absolute atomic E-state index is 13.8. The number of nitrogens with one attached hydrogen (secondary N) is 2. The third-order valence-electron chi connectivity index (χ3n) is 5.39. The second-order valence-electron chi connectivity index (χ2n) is 6.69. The molecule has 0 radical (unpaired) electrons. The first kappa shape index (κ1) is 16.2. The molecule has 5 atom stereocenters. The lowest BCUT2D eigenvalue weighted by atomic mass is 9.85. The maximum Gasteiger partial charge on any atom is 0.315 e. The van der Waals surface area contributed by atoms with Gasteiger partial charge in [0.25, 0.3) is 0 Å². The molecule has 2 bridgehead atoms. The molecule has 3 rings (SSSR count). The van der Waals surface area contributed by atoms with Gasteiger partial charge in [0.05, 0.1) is 6.04 Å². The average Bonchev–Trinajstić information content (AvgIpc) is 3.10. The number of amides is 2. The second-order valence-corrected chi connectivity index (χ2v) is 6.69. The van der Waals surface area contributed by atoms with E-state index in [1.807, 2.05) is 0 Å². The van der Waals surface area contributed by atoms with Gasteiger partial charge in [-0.25, -0.2) is 13.6 Å². The van der Waals surface area contributed by atoms with Crippen molar-refractivity contribution in [3.05, 3.63) is 35.4 Å². The van der Waals surface area contributed by atoms with Crippen LogP contribution in [0, 0.1) is 29.4 Å². The van der Waals surface area contributed by atoms with Gasteiger partial charge in [-0.2, -0.15) is 0 Å². The van der Waals surface area contributed by atoms with Crippen LogP contribution in [0.1, 0.15) is 37.8 Å². The zero-order valence-electron chi connectivity index (χ0n) is 13.1. The minimum Gasteiger partial charge on any atom is -0.396 e. The van der Waals surface area contributed by atoms with Gasteiger partial charge < -0.3 is 15.7 Å². The molecular weight excluding hydrogens is 302 g/mol. The van der Waals surface area contributed by atoms with Crippen molar-refractivity contribution in [2.75, 3.05) is 6.61 Å². The van der Waals surface area contributed by atoms with Crippen molar-refractivity contribution < 1.29 is 18.7 Å². The van der Waals surface area contributed by atoms with Gasteiger partial charge in [-0.15, -0.1) is 0 Å². The fourth-order valence-electron chi connectivity index (χ4n) is 4.22. The highest BCUT2D eigenvalue weighted by molar-refractivity contribution is 5.75. The highest BCUT2D eigenvalue weighted by atomic mass is 19.2. The summed E-state index contributed by atoms with van der Waals surface area (Å²) in [6, 6.07) is 2.84. The number of urea groups is 1. The first-order chi connectivity index (χ1) is 11.0.